The number of aryl methyl sites for hydroxylation is 1. The number of carbonyl (C=O) groups is 1. The molecule has 3 nitrogen and oxygen atoms in total. The molecule has 0 saturated heterocycles. The van der Waals surface area contributed by atoms with Gasteiger partial charge in [0, 0.05) is 6.07 Å². The molecule has 8 heteroatoms. The molecule has 1 N–H and O–H groups in total. The summed E-state index contributed by atoms with van der Waals surface area (Å²) < 4.78 is 65.2. The van der Waals surface area contributed by atoms with Crippen LogP contribution in [0.25, 0.3) is 0 Å². The third kappa shape index (κ3) is 4.19. The molecule has 0 atom stereocenters. The number of nitrogens with one attached hydrogen (secondary N) is 1. The summed E-state index contributed by atoms with van der Waals surface area (Å²) in [5, 5.41) is 1.67. The Labute approximate surface area is 98.5 Å². The minimum absolute atomic E-state index is 0.00158. The second-order valence-electron chi connectivity index (χ2n) is 3.40. The monoisotopic (exact) mass is 269 g/mol. The average molecular weight is 269 g/mol. The van der Waals surface area contributed by atoms with Crippen molar-refractivity contribution < 1.29 is 31.5 Å². The first-order valence-corrected chi connectivity index (χ1v) is 4.65. The first-order valence-electron chi connectivity index (χ1n) is 4.65. The lowest BCUT2D eigenvalue weighted by Crippen LogP contribution is -2.23. The van der Waals surface area contributed by atoms with Gasteiger partial charge in [-0.15, -0.1) is 0 Å². The Morgan fingerprint density at radius 1 is 1.28 bits per heavy atom. The van der Waals surface area contributed by atoms with Crippen LogP contribution in [0.15, 0.2) is 12.1 Å². The van der Waals surface area contributed by atoms with E-state index >= 15 is 0 Å². The lowest BCUT2D eigenvalue weighted by molar-refractivity contribution is -0.159. The van der Waals surface area contributed by atoms with E-state index in [9.17, 15) is 26.7 Å². The molecule has 0 fully saturated rings. The molecular formula is C10H8F5NO2. The van der Waals surface area contributed by atoms with Crippen LogP contribution >= 0.6 is 0 Å². The van der Waals surface area contributed by atoms with Gasteiger partial charge in [0.15, 0.2) is 6.61 Å². The lowest BCUT2D eigenvalue weighted by Gasteiger charge is -2.10. The Morgan fingerprint density at radius 2 is 1.89 bits per heavy atom. The zero-order chi connectivity index (χ0) is 13.9. The molecule has 1 aromatic carbocycles. The van der Waals surface area contributed by atoms with E-state index in [2.05, 4.69) is 4.74 Å². The second-order valence-corrected chi connectivity index (χ2v) is 3.40. The summed E-state index contributed by atoms with van der Waals surface area (Å²) in [6.45, 7) is -0.515. The lowest BCUT2D eigenvalue weighted by atomic mass is 10.2. The zero-order valence-corrected chi connectivity index (χ0v) is 9.07. The Bertz CT molecular complexity index is 458. The smallest absolute Gasteiger partial charge is 0.422 e. The van der Waals surface area contributed by atoms with Gasteiger partial charge in [0.25, 0.3) is 0 Å². The molecule has 0 spiro atoms. The van der Waals surface area contributed by atoms with E-state index in [0.29, 0.717) is 6.07 Å². The molecule has 0 aliphatic heterocycles. The number of carbonyl (C=O) groups excluding carboxylic acids is 1. The van der Waals surface area contributed by atoms with Gasteiger partial charge in [-0.2, -0.15) is 13.2 Å². The largest absolute Gasteiger partial charge is 0.440 e. The SMILES string of the molecule is Cc1cc(F)c(NC(=O)OCC(F)(F)F)cc1F. The van der Waals surface area contributed by atoms with Gasteiger partial charge in [0.2, 0.25) is 0 Å². The van der Waals surface area contributed by atoms with Crippen LogP contribution < -0.4 is 5.32 Å². The fourth-order valence-corrected chi connectivity index (χ4v) is 1.04. The first kappa shape index (κ1) is 14.2. The van der Waals surface area contributed by atoms with E-state index in [-0.39, 0.29) is 5.56 Å². The van der Waals surface area contributed by atoms with E-state index in [0.717, 1.165) is 6.07 Å². The fraction of sp³-hybridized carbons (Fsp3) is 0.300. The molecule has 0 aliphatic rings. The number of halogens is 5. The van der Waals surface area contributed by atoms with E-state index in [1.54, 1.807) is 5.32 Å². The normalized spacial score (nSPS) is 11.2. The summed E-state index contributed by atoms with van der Waals surface area (Å²) in [7, 11) is 0. The minimum Gasteiger partial charge on any atom is -0.440 e. The maximum atomic E-state index is 13.2. The summed E-state index contributed by atoms with van der Waals surface area (Å²) in [5.41, 5.74) is -0.591. The molecule has 0 radical (unpaired) electrons. The van der Waals surface area contributed by atoms with Crippen LogP contribution in [-0.2, 0) is 4.74 Å². The Kier molecular flexibility index (Phi) is 4.10. The number of rotatable bonds is 2. The average Bonchev–Trinajstić information content (AvgIpc) is 2.22. The molecule has 1 rings (SSSR count). The molecule has 1 aromatic rings. The van der Waals surface area contributed by atoms with Crippen molar-refractivity contribution in [2.24, 2.45) is 0 Å². The van der Waals surface area contributed by atoms with Crippen molar-refractivity contribution in [2.45, 2.75) is 13.1 Å². The van der Waals surface area contributed by atoms with Crippen molar-refractivity contribution in [1.82, 2.24) is 0 Å². The van der Waals surface area contributed by atoms with E-state index in [1.807, 2.05) is 0 Å². The highest BCUT2D eigenvalue weighted by molar-refractivity contribution is 5.84. The molecule has 0 saturated carbocycles. The number of alkyl halides is 3. The second kappa shape index (κ2) is 5.19. The topological polar surface area (TPSA) is 38.3 Å². The van der Waals surface area contributed by atoms with Crippen molar-refractivity contribution in [2.75, 3.05) is 11.9 Å². The van der Waals surface area contributed by atoms with Gasteiger partial charge in [0.05, 0.1) is 5.69 Å². The molecule has 100 valence electrons. The summed E-state index contributed by atoms with van der Waals surface area (Å²) in [6.07, 6.45) is -6.21. The number of hydrogen-bond acceptors (Lipinski definition) is 2. The quantitative estimate of drug-likeness (QED) is 0.836. The van der Waals surface area contributed by atoms with E-state index in [4.69, 9.17) is 0 Å². The Hall–Kier alpha value is -1.86. The van der Waals surface area contributed by atoms with Gasteiger partial charge in [0.1, 0.15) is 11.6 Å². The predicted octanol–water partition coefficient (Wildman–Crippen LogP) is 3.38. The third-order valence-corrected chi connectivity index (χ3v) is 1.85. The van der Waals surface area contributed by atoms with Crippen molar-refractivity contribution >= 4 is 11.8 Å². The van der Waals surface area contributed by atoms with Gasteiger partial charge in [-0.3, -0.25) is 5.32 Å². The number of amides is 1. The number of benzene rings is 1. The van der Waals surface area contributed by atoms with Crippen molar-refractivity contribution in [1.29, 1.82) is 0 Å². The summed E-state index contributed by atoms with van der Waals surface area (Å²) in [6, 6.07) is 1.45. The van der Waals surface area contributed by atoms with Crippen LogP contribution in [0.4, 0.5) is 32.4 Å². The van der Waals surface area contributed by atoms with Crippen LogP contribution in [-0.4, -0.2) is 18.9 Å². The molecular weight excluding hydrogens is 261 g/mol. The third-order valence-electron chi connectivity index (χ3n) is 1.85. The molecule has 18 heavy (non-hydrogen) atoms. The standard InChI is InChI=1S/C10H8F5NO2/c1-5-2-7(12)8(3-6(5)11)16-9(17)18-4-10(13,14)15/h2-3H,4H2,1H3,(H,16,17). The van der Waals surface area contributed by atoms with Crippen molar-refractivity contribution in [3.05, 3.63) is 29.3 Å². The molecule has 0 heterocycles. The summed E-state index contributed by atoms with van der Waals surface area (Å²) >= 11 is 0. The summed E-state index contributed by atoms with van der Waals surface area (Å²) in [4.78, 5) is 10.9. The van der Waals surface area contributed by atoms with Gasteiger partial charge in [-0.1, -0.05) is 0 Å². The van der Waals surface area contributed by atoms with Gasteiger partial charge >= 0.3 is 12.3 Å². The van der Waals surface area contributed by atoms with Crippen LogP contribution in [0.3, 0.4) is 0 Å². The number of anilines is 1. The van der Waals surface area contributed by atoms with Crippen molar-refractivity contribution in [3.8, 4) is 0 Å². The molecule has 0 bridgehead atoms. The number of ether oxygens (including phenoxy) is 1. The molecule has 0 aliphatic carbocycles. The van der Waals surface area contributed by atoms with Crippen LogP contribution in [0.2, 0.25) is 0 Å². The summed E-state index contributed by atoms with van der Waals surface area (Å²) in [5.74, 6) is -1.78. The van der Waals surface area contributed by atoms with Crippen molar-refractivity contribution in [3.63, 3.8) is 0 Å². The van der Waals surface area contributed by atoms with Crippen LogP contribution in [0.1, 0.15) is 5.56 Å². The maximum absolute atomic E-state index is 13.2. The zero-order valence-electron chi connectivity index (χ0n) is 9.07. The molecule has 0 unspecified atom stereocenters. The maximum Gasteiger partial charge on any atom is 0.422 e. The fourth-order valence-electron chi connectivity index (χ4n) is 1.04. The molecule has 1 amide bonds. The first-order chi connectivity index (χ1) is 8.19. The van der Waals surface area contributed by atoms with Crippen LogP contribution in [0, 0.1) is 18.6 Å². The van der Waals surface area contributed by atoms with Gasteiger partial charge < -0.3 is 4.74 Å². The highest BCUT2D eigenvalue weighted by atomic mass is 19.4. The number of hydrogen-bond donors (Lipinski definition) is 1. The van der Waals surface area contributed by atoms with E-state index < -0.39 is 36.2 Å². The highest BCUT2D eigenvalue weighted by Gasteiger charge is 2.29. The Morgan fingerprint density at radius 3 is 2.44 bits per heavy atom. The van der Waals surface area contributed by atoms with E-state index in [1.165, 1.54) is 6.92 Å². The van der Waals surface area contributed by atoms with Gasteiger partial charge in [-0.05, 0) is 18.6 Å². The highest BCUT2D eigenvalue weighted by Crippen LogP contribution is 2.19. The van der Waals surface area contributed by atoms with Crippen LogP contribution in [0.5, 0.6) is 0 Å². The predicted molar refractivity (Wildman–Crippen MR) is 52.1 cm³/mol. The Balaban J connectivity index is 2.68. The van der Waals surface area contributed by atoms with Gasteiger partial charge in [-0.25, -0.2) is 13.6 Å². The molecule has 0 aromatic heterocycles. The minimum atomic E-state index is -4.69.